The molecule has 0 radical (unpaired) electrons. The lowest BCUT2D eigenvalue weighted by Crippen LogP contribution is -2.60. The molecule has 5 fully saturated rings. The zero-order valence-electron chi connectivity index (χ0n) is 46.8. The molecule has 0 unspecified atom stereocenters. The Balaban J connectivity index is 0.000000204. The van der Waals surface area contributed by atoms with Gasteiger partial charge in [-0.2, -0.15) is 14.5 Å². The summed E-state index contributed by atoms with van der Waals surface area (Å²) in [5.74, 6) is 3.74. The van der Waals surface area contributed by atoms with Crippen LogP contribution in [0.2, 0.25) is 0 Å². The molecule has 2 aliphatic heterocycles. The minimum atomic E-state index is -0.914. The summed E-state index contributed by atoms with van der Waals surface area (Å²) in [6, 6.07) is 11.1. The zero-order chi connectivity index (χ0) is 52.0. The van der Waals surface area contributed by atoms with Gasteiger partial charge in [0.25, 0.3) is 0 Å². The molecule has 2 saturated heterocycles. The predicted octanol–water partition coefficient (Wildman–Crippen LogP) is 17.3. The number of hydrogen-bond donors (Lipinski definition) is 2. The van der Waals surface area contributed by atoms with E-state index in [0.717, 1.165) is 81.3 Å². The maximum Gasteiger partial charge on any atom is 0.201 e. The van der Waals surface area contributed by atoms with Crippen molar-refractivity contribution in [3.05, 3.63) is 66.3 Å². The van der Waals surface area contributed by atoms with Crippen molar-refractivity contribution in [2.24, 2.45) is 29.6 Å². The first-order chi connectivity index (χ1) is 33.6. The minimum Gasteiger partial charge on any atom is -0.491 e. The third-order valence-electron chi connectivity index (χ3n) is 17.4. The summed E-state index contributed by atoms with van der Waals surface area (Å²) >= 11 is 0. The Morgan fingerprint density at radius 3 is 1.41 bits per heavy atom. The number of rotatable bonds is 17. The Hall–Kier alpha value is -2.40. The molecule has 5 aliphatic rings. The van der Waals surface area contributed by atoms with Crippen molar-refractivity contribution < 1.29 is 33.4 Å². The van der Waals surface area contributed by atoms with Crippen LogP contribution in [0, 0.1) is 41.2 Å². The quantitative estimate of drug-likeness (QED) is 0.121. The third-order valence-corrected chi connectivity index (χ3v) is 17.4. The van der Waals surface area contributed by atoms with Gasteiger partial charge in [-0.25, -0.2) is 4.39 Å². The molecule has 2 aromatic rings. The van der Waals surface area contributed by atoms with E-state index in [1.165, 1.54) is 124 Å². The summed E-state index contributed by atoms with van der Waals surface area (Å²) in [7, 11) is 0. The summed E-state index contributed by atoms with van der Waals surface area (Å²) in [5, 5.41) is 23.7. The number of nitrogens with zero attached hydrogens (tertiary/aromatic N) is 2. The summed E-state index contributed by atoms with van der Waals surface area (Å²) in [6.07, 6.45) is 30.4. The first-order valence-corrected chi connectivity index (χ1v) is 28.7. The lowest BCUT2D eigenvalue weighted by molar-refractivity contribution is -0.262. The Labute approximate surface area is 432 Å². The van der Waals surface area contributed by atoms with Crippen LogP contribution in [0.3, 0.4) is 0 Å². The van der Waals surface area contributed by atoms with Crippen molar-refractivity contribution in [3.8, 4) is 16.9 Å². The van der Waals surface area contributed by atoms with E-state index in [1.807, 2.05) is 12.1 Å². The van der Waals surface area contributed by atoms with E-state index in [1.54, 1.807) is 13.0 Å². The van der Waals surface area contributed by atoms with Gasteiger partial charge in [-0.3, -0.25) is 0 Å². The van der Waals surface area contributed by atoms with Crippen LogP contribution in [0.1, 0.15) is 229 Å². The lowest BCUT2D eigenvalue weighted by Gasteiger charge is -2.51. The standard InChI is InChI=1S/C23H28F2O.C22H44N2O4.C17H30/c1-3-5-16-6-8-17(9-7-16)18-10-12-19(13-11-18)20-14-15-21(26-4-2)23(25)22(20)24;1-19(2)13-17(14-20(3,4)23(19)25)27-11-9-10-12-28-18-15-21(5,6)24(26)22(7,8)16-18;1-3-5-15-8-12-17(13-9-15)16-10-6-14(4-2)7-11-16/h10-17H,3-9H2,1-2H3;17-18,25-26H,9-16H2,1-8H3;4,14-17H,2-3,5-13H2,1H3. The van der Waals surface area contributed by atoms with Gasteiger partial charge in [0.1, 0.15) is 0 Å². The summed E-state index contributed by atoms with van der Waals surface area (Å²) in [6.45, 7) is 28.6. The van der Waals surface area contributed by atoms with Crippen LogP contribution in [0.15, 0.2) is 49.1 Å². The number of hydrogen-bond acceptors (Lipinski definition) is 7. The van der Waals surface area contributed by atoms with E-state index in [9.17, 15) is 19.2 Å². The molecule has 0 bridgehead atoms. The van der Waals surface area contributed by atoms with E-state index in [4.69, 9.17) is 14.2 Å². The highest BCUT2D eigenvalue weighted by molar-refractivity contribution is 5.65. The number of allylic oxidation sites excluding steroid dienone is 1. The number of unbranched alkanes of at least 4 members (excludes halogenated alkanes) is 1. The van der Waals surface area contributed by atoms with Crippen LogP contribution in [0.25, 0.3) is 11.1 Å². The van der Waals surface area contributed by atoms with Crippen molar-refractivity contribution in [3.63, 3.8) is 0 Å². The van der Waals surface area contributed by atoms with Crippen molar-refractivity contribution in [2.75, 3.05) is 19.8 Å². The highest BCUT2D eigenvalue weighted by Gasteiger charge is 2.46. The smallest absolute Gasteiger partial charge is 0.201 e. The monoisotopic (exact) mass is 993 g/mol. The first-order valence-electron chi connectivity index (χ1n) is 28.7. The van der Waals surface area contributed by atoms with Crippen molar-refractivity contribution in [1.29, 1.82) is 0 Å². The van der Waals surface area contributed by atoms with Crippen LogP contribution < -0.4 is 4.74 Å². The van der Waals surface area contributed by atoms with Gasteiger partial charge >= 0.3 is 0 Å². The molecule has 7 nitrogen and oxygen atoms in total. The van der Waals surface area contributed by atoms with Gasteiger partial charge < -0.3 is 24.6 Å². The van der Waals surface area contributed by atoms with Gasteiger partial charge in [0.2, 0.25) is 5.82 Å². The molecule has 3 saturated carbocycles. The minimum absolute atomic E-state index is 0.0331. The summed E-state index contributed by atoms with van der Waals surface area (Å²) in [5.41, 5.74) is 1.23. The molecule has 71 heavy (non-hydrogen) atoms. The molecule has 0 amide bonds. The fraction of sp³-hybridized carbons (Fsp3) is 0.774. The maximum atomic E-state index is 14.4. The molecular weight excluding hydrogens is 891 g/mol. The summed E-state index contributed by atoms with van der Waals surface area (Å²) < 4.78 is 45.9. The molecule has 3 aliphatic carbocycles. The molecule has 404 valence electrons. The second-order valence-electron chi connectivity index (χ2n) is 25.2. The fourth-order valence-corrected chi connectivity index (χ4v) is 13.7. The number of piperidine rings is 2. The second kappa shape index (κ2) is 27.4. The SMILES string of the molecule is C=CC1CCC(C2CCC(CCC)CC2)CC1.CC1(C)CC(OCCCCOC2CC(C)(C)N(O)C(C)(C)C2)CC(C)(C)N1O.CCCC1CCC(c2ccc(-c3ccc(OCC)c(F)c3F)cc2)CC1. The average Bonchev–Trinajstić information content (AvgIpc) is 3.33. The van der Waals surface area contributed by atoms with E-state index in [0.29, 0.717) is 18.1 Å². The molecule has 2 N–H and O–H groups in total. The van der Waals surface area contributed by atoms with Crippen molar-refractivity contribution in [1.82, 2.24) is 10.1 Å². The van der Waals surface area contributed by atoms with E-state index >= 15 is 0 Å². The molecule has 0 spiro atoms. The number of benzene rings is 2. The number of hydroxylamine groups is 4. The third kappa shape index (κ3) is 17.1. The average molecular weight is 994 g/mol. The highest BCUT2D eigenvalue weighted by Crippen LogP contribution is 2.44. The van der Waals surface area contributed by atoms with Crippen LogP contribution in [0.5, 0.6) is 5.75 Å². The molecular formula is C62H102F2N2O5. The Kier molecular flexibility index (Phi) is 23.0. The zero-order valence-corrected chi connectivity index (χ0v) is 46.8. The largest absolute Gasteiger partial charge is 0.491 e. The van der Waals surface area contributed by atoms with Gasteiger partial charge in [-0.15, -0.1) is 6.58 Å². The van der Waals surface area contributed by atoms with Crippen molar-refractivity contribution >= 4 is 0 Å². The lowest BCUT2D eigenvalue weighted by atomic mass is 9.69. The van der Waals surface area contributed by atoms with Crippen LogP contribution >= 0.6 is 0 Å². The molecule has 0 atom stereocenters. The van der Waals surface area contributed by atoms with Crippen LogP contribution in [-0.4, -0.2) is 74.7 Å². The Morgan fingerprint density at radius 2 is 1.00 bits per heavy atom. The van der Waals surface area contributed by atoms with E-state index < -0.39 is 11.6 Å². The van der Waals surface area contributed by atoms with Gasteiger partial charge in [0, 0.05) is 40.9 Å². The molecule has 2 aromatic carbocycles. The van der Waals surface area contributed by atoms with Crippen LogP contribution in [-0.2, 0) is 9.47 Å². The van der Waals surface area contributed by atoms with E-state index in [-0.39, 0.29) is 45.7 Å². The number of ether oxygens (including phenoxy) is 3. The second-order valence-corrected chi connectivity index (χ2v) is 25.2. The Bertz CT molecular complexity index is 1780. The predicted molar refractivity (Wildman–Crippen MR) is 289 cm³/mol. The van der Waals surface area contributed by atoms with E-state index in [2.05, 4.69) is 94.0 Å². The highest BCUT2D eigenvalue weighted by atomic mass is 19.2. The molecule has 0 aromatic heterocycles. The van der Waals surface area contributed by atoms with Gasteiger partial charge in [-0.1, -0.05) is 82.7 Å². The normalized spacial score (nSPS) is 27.9. The van der Waals surface area contributed by atoms with Crippen molar-refractivity contribution in [2.45, 2.75) is 258 Å². The van der Waals surface area contributed by atoms with Crippen LogP contribution in [0.4, 0.5) is 8.78 Å². The molecule has 2 heterocycles. The van der Waals surface area contributed by atoms with Gasteiger partial charge in [-0.05, 0) is 224 Å². The topological polar surface area (TPSA) is 74.6 Å². The fourth-order valence-electron chi connectivity index (χ4n) is 13.7. The Morgan fingerprint density at radius 1 is 0.577 bits per heavy atom. The number of halogens is 2. The summed E-state index contributed by atoms with van der Waals surface area (Å²) in [4.78, 5) is 0. The van der Waals surface area contributed by atoms with Gasteiger partial charge in [0.15, 0.2) is 11.6 Å². The first kappa shape index (κ1) is 59.5. The maximum absolute atomic E-state index is 14.4. The van der Waals surface area contributed by atoms with Gasteiger partial charge in [0.05, 0.1) is 18.8 Å². The molecule has 9 heteroatoms. The molecule has 7 rings (SSSR count).